The number of H-pyrrole nitrogens is 1. The third-order valence-electron chi connectivity index (χ3n) is 5.21. The number of amides is 4. The maximum atomic E-state index is 12.9. The Balaban J connectivity index is 1.36. The SMILES string of the molecule is CC(=O)N[C@@H](Cc1c[nH]c2ccccc12)C(=O)Nc1ccc(NC(=O)NCc2ccco2)cc1. The summed E-state index contributed by atoms with van der Waals surface area (Å²) in [7, 11) is 0. The van der Waals surface area contributed by atoms with Crippen LogP contribution >= 0.6 is 0 Å². The highest BCUT2D eigenvalue weighted by molar-refractivity contribution is 5.98. The fourth-order valence-corrected chi connectivity index (χ4v) is 3.60. The first-order chi connectivity index (χ1) is 16.5. The summed E-state index contributed by atoms with van der Waals surface area (Å²) in [6, 6.07) is 16.9. The summed E-state index contributed by atoms with van der Waals surface area (Å²) < 4.78 is 5.17. The number of anilines is 2. The third kappa shape index (κ3) is 5.83. The molecule has 0 aliphatic rings. The van der Waals surface area contributed by atoms with Crippen LogP contribution in [0.15, 0.2) is 77.5 Å². The highest BCUT2D eigenvalue weighted by atomic mass is 16.3. The summed E-state index contributed by atoms with van der Waals surface area (Å²) in [6.07, 6.45) is 3.73. The van der Waals surface area contributed by atoms with E-state index < -0.39 is 6.04 Å². The Kier molecular flexibility index (Phi) is 6.92. The van der Waals surface area contributed by atoms with Gasteiger partial charge >= 0.3 is 6.03 Å². The fourth-order valence-electron chi connectivity index (χ4n) is 3.60. The molecule has 2 aromatic heterocycles. The second-order valence-corrected chi connectivity index (χ2v) is 7.77. The number of hydrogen-bond acceptors (Lipinski definition) is 4. The number of carbonyl (C=O) groups is 3. The van der Waals surface area contributed by atoms with E-state index in [4.69, 9.17) is 4.42 Å². The molecule has 0 saturated carbocycles. The van der Waals surface area contributed by atoms with Crippen molar-refractivity contribution in [3.8, 4) is 0 Å². The van der Waals surface area contributed by atoms with E-state index >= 15 is 0 Å². The smallest absolute Gasteiger partial charge is 0.319 e. The number of nitrogens with one attached hydrogen (secondary N) is 5. The first kappa shape index (κ1) is 22.7. The van der Waals surface area contributed by atoms with E-state index in [0.717, 1.165) is 16.5 Å². The molecule has 0 unspecified atom stereocenters. The van der Waals surface area contributed by atoms with Gasteiger partial charge in [0.25, 0.3) is 0 Å². The van der Waals surface area contributed by atoms with Gasteiger partial charge in [0.15, 0.2) is 0 Å². The van der Waals surface area contributed by atoms with E-state index in [9.17, 15) is 14.4 Å². The van der Waals surface area contributed by atoms with E-state index in [1.165, 1.54) is 6.92 Å². The van der Waals surface area contributed by atoms with Gasteiger partial charge in [0.2, 0.25) is 11.8 Å². The number of aromatic nitrogens is 1. The molecule has 0 aliphatic heterocycles. The largest absolute Gasteiger partial charge is 0.467 e. The lowest BCUT2D eigenvalue weighted by molar-refractivity contribution is -0.125. The summed E-state index contributed by atoms with van der Waals surface area (Å²) in [5.41, 5.74) is 3.01. The number of para-hydroxylation sites is 1. The van der Waals surface area contributed by atoms with Gasteiger partial charge in [-0.2, -0.15) is 0 Å². The molecular formula is C25H25N5O4. The average molecular weight is 460 g/mol. The van der Waals surface area contributed by atoms with Crippen molar-refractivity contribution in [3.05, 3.63) is 84.4 Å². The Morgan fingerprint density at radius 2 is 1.68 bits per heavy atom. The van der Waals surface area contributed by atoms with Crippen molar-refractivity contribution in [1.29, 1.82) is 0 Å². The molecule has 2 heterocycles. The maximum Gasteiger partial charge on any atom is 0.319 e. The molecule has 9 nitrogen and oxygen atoms in total. The van der Waals surface area contributed by atoms with Gasteiger partial charge in [-0.15, -0.1) is 0 Å². The molecule has 0 fully saturated rings. The number of aromatic amines is 1. The van der Waals surface area contributed by atoms with Crippen molar-refractivity contribution in [2.45, 2.75) is 25.9 Å². The van der Waals surface area contributed by atoms with Gasteiger partial charge < -0.3 is 30.7 Å². The van der Waals surface area contributed by atoms with Crippen LogP contribution in [0.2, 0.25) is 0 Å². The number of rotatable bonds is 8. The Labute approximate surface area is 195 Å². The van der Waals surface area contributed by atoms with Crippen LogP contribution in [0, 0.1) is 0 Å². The topological polar surface area (TPSA) is 128 Å². The molecule has 5 N–H and O–H groups in total. The van der Waals surface area contributed by atoms with Crippen molar-refractivity contribution in [1.82, 2.24) is 15.6 Å². The van der Waals surface area contributed by atoms with Crippen LogP contribution in [0.5, 0.6) is 0 Å². The van der Waals surface area contributed by atoms with Crippen LogP contribution < -0.4 is 21.3 Å². The van der Waals surface area contributed by atoms with Crippen molar-refractivity contribution in [3.63, 3.8) is 0 Å². The summed E-state index contributed by atoms with van der Waals surface area (Å²) in [6.45, 7) is 1.65. The molecule has 9 heteroatoms. The highest BCUT2D eigenvalue weighted by Crippen LogP contribution is 2.20. The van der Waals surface area contributed by atoms with Crippen molar-refractivity contribution >= 4 is 40.1 Å². The number of furan rings is 1. The van der Waals surface area contributed by atoms with Crippen molar-refractivity contribution in [2.75, 3.05) is 10.6 Å². The minimum Gasteiger partial charge on any atom is -0.467 e. The molecule has 4 aromatic rings. The number of carbonyl (C=O) groups excluding carboxylic acids is 3. The first-order valence-corrected chi connectivity index (χ1v) is 10.8. The first-order valence-electron chi connectivity index (χ1n) is 10.8. The van der Waals surface area contributed by atoms with Crippen LogP contribution in [-0.4, -0.2) is 28.9 Å². The molecule has 0 saturated heterocycles. The van der Waals surface area contributed by atoms with Gasteiger partial charge in [0.05, 0.1) is 12.8 Å². The summed E-state index contributed by atoms with van der Waals surface area (Å²) in [4.78, 5) is 39.9. The van der Waals surface area contributed by atoms with Gasteiger partial charge in [-0.25, -0.2) is 4.79 Å². The Hall–Kier alpha value is -4.53. The van der Waals surface area contributed by atoms with E-state index in [1.54, 1.807) is 42.7 Å². The van der Waals surface area contributed by atoms with Crippen LogP contribution in [0.3, 0.4) is 0 Å². The van der Waals surface area contributed by atoms with Gasteiger partial charge in [0.1, 0.15) is 11.8 Å². The zero-order valence-electron chi connectivity index (χ0n) is 18.6. The minimum absolute atomic E-state index is 0.272. The average Bonchev–Trinajstić information content (AvgIpc) is 3.49. The van der Waals surface area contributed by atoms with Crippen LogP contribution in [0.25, 0.3) is 10.9 Å². The van der Waals surface area contributed by atoms with Gasteiger partial charge in [-0.05, 0) is 48.0 Å². The van der Waals surface area contributed by atoms with Gasteiger partial charge in [0, 0.05) is 41.8 Å². The minimum atomic E-state index is -0.748. The zero-order chi connectivity index (χ0) is 23.9. The lowest BCUT2D eigenvalue weighted by atomic mass is 10.0. The number of urea groups is 1. The predicted molar refractivity (Wildman–Crippen MR) is 129 cm³/mol. The normalized spacial score (nSPS) is 11.6. The lowest BCUT2D eigenvalue weighted by Crippen LogP contribution is -2.44. The highest BCUT2D eigenvalue weighted by Gasteiger charge is 2.21. The quantitative estimate of drug-likeness (QED) is 0.275. The number of hydrogen-bond donors (Lipinski definition) is 5. The molecule has 0 spiro atoms. The molecule has 4 amide bonds. The molecule has 0 radical (unpaired) electrons. The number of benzene rings is 2. The Bertz CT molecular complexity index is 1280. The van der Waals surface area contributed by atoms with E-state index in [2.05, 4.69) is 26.3 Å². The van der Waals surface area contributed by atoms with Gasteiger partial charge in [-0.1, -0.05) is 18.2 Å². The van der Waals surface area contributed by atoms with E-state index in [1.807, 2.05) is 30.5 Å². The molecule has 2 aromatic carbocycles. The van der Waals surface area contributed by atoms with Gasteiger partial charge in [-0.3, -0.25) is 9.59 Å². The summed E-state index contributed by atoms with van der Waals surface area (Å²) in [5.74, 6) is 0.0204. The molecular weight excluding hydrogens is 434 g/mol. The second kappa shape index (κ2) is 10.4. The lowest BCUT2D eigenvalue weighted by Gasteiger charge is -2.18. The summed E-state index contributed by atoms with van der Waals surface area (Å²) >= 11 is 0. The standard InChI is InChI=1S/C25H25N5O4/c1-16(31)28-23(13-17-14-26-22-7-3-2-6-21(17)22)24(32)29-18-8-10-19(11-9-18)30-25(33)27-15-20-5-4-12-34-20/h2-12,14,23,26H,13,15H2,1H3,(H,28,31)(H,29,32)(H2,27,30,33)/t23-/m0/s1. The maximum absolute atomic E-state index is 12.9. The molecule has 0 bridgehead atoms. The molecule has 0 aliphatic carbocycles. The zero-order valence-corrected chi connectivity index (χ0v) is 18.6. The number of fused-ring (bicyclic) bond motifs is 1. The van der Waals surface area contributed by atoms with E-state index in [-0.39, 0.29) is 24.4 Å². The molecule has 1 atom stereocenters. The van der Waals surface area contributed by atoms with Crippen LogP contribution in [-0.2, 0) is 22.6 Å². The molecule has 34 heavy (non-hydrogen) atoms. The predicted octanol–water partition coefficient (Wildman–Crippen LogP) is 3.77. The fraction of sp³-hybridized carbons (Fsp3) is 0.160. The molecule has 174 valence electrons. The van der Waals surface area contributed by atoms with Crippen molar-refractivity contribution < 1.29 is 18.8 Å². The second-order valence-electron chi connectivity index (χ2n) is 7.77. The van der Waals surface area contributed by atoms with E-state index in [0.29, 0.717) is 23.6 Å². The third-order valence-corrected chi connectivity index (χ3v) is 5.21. The van der Waals surface area contributed by atoms with Crippen LogP contribution in [0.1, 0.15) is 18.2 Å². The van der Waals surface area contributed by atoms with Crippen LogP contribution in [0.4, 0.5) is 16.2 Å². The van der Waals surface area contributed by atoms with Crippen molar-refractivity contribution in [2.24, 2.45) is 0 Å². The Morgan fingerprint density at radius 3 is 2.38 bits per heavy atom. The summed E-state index contributed by atoms with van der Waals surface area (Å²) in [5, 5.41) is 12.0. The monoisotopic (exact) mass is 459 g/mol. The molecule has 4 rings (SSSR count). The Morgan fingerprint density at radius 1 is 0.941 bits per heavy atom.